The van der Waals surface area contributed by atoms with Crippen LogP contribution < -0.4 is 5.32 Å². The van der Waals surface area contributed by atoms with E-state index in [2.05, 4.69) is 5.32 Å². The number of amides is 2. The number of benzene rings is 3. The van der Waals surface area contributed by atoms with Gasteiger partial charge in [0.25, 0.3) is 0 Å². The van der Waals surface area contributed by atoms with Crippen LogP contribution in [-0.2, 0) is 9.59 Å². The monoisotopic (exact) mass is 384 g/mol. The van der Waals surface area contributed by atoms with E-state index in [0.29, 0.717) is 6.54 Å². The van der Waals surface area contributed by atoms with Crippen LogP contribution in [0.2, 0.25) is 0 Å². The summed E-state index contributed by atoms with van der Waals surface area (Å²) in [4.78, 5) is 27.4. The molecule has 1 N–H and O–H groups in total. The van der Waals surface area contributed by atoms with Gasteiger partial charge in [-0.3, -0.25) is 9.59 Å². The SMILES string of the molecule is CC(c1ccccc1)N1CC(C(=O)Nc2ccccc2-c2ccccc2)CC1=O. The van der Waals surface area contributed by atoms with Crippen molar-refractivity contribution in [3.63, 3.8) is 0 Å². The van der Waals surface area contributed by atoms with Crippen LogP contribution in [-0.4, -0.2) is 23.3 Å². The molecule has 1 aliphatic heterocycles. The van der Waals surface area contributed by atoms with Crippen molar-refractivity contribution in [3.05, 3.63) is 90.5 Å². The van der Waals surface area contributed by atoms with E-state index in [1.165, 1.54) is 0 Å². The van der Waals surface area contributed by atoms with Crippen molar-refractivity contribution in [2.75, 3.05) is 11.9 Å². The Morgan fingerprint density at radius 1 is 0.931 bits per heavy atom. The molecule has 1 saturated heterocycles. The van der Waals surface area contributed by atoms with Crippen LogP contribution in [0.15, 0.2) is 84.9 Å². The predicted molar refractivity (Wildman–Crippen MR) is 115 cm³/mol. The third-order valence-corrected chi connectivity index (χ3v) is 5.55. The normalized spacial score (nSPS) is 17.2. The predicted octanol–water partition coefficient (Wildman–Crippen LogP) is 4.90. The number of nitrogens with one attached hydrogen (secondary N) is 1. The molecule has 4 rings (SSSR count). The molecule has 0 bridgehead atoms. The second-order valence-electron chi connectivity index (χ2n) is 7.43. The molecule has 0 saturated carbocycles. The highest BCUT2D eigenvalue weighted by atomic mass is 16.2. The van der Waals surface area contributed by atoms with Crippen molar-refractivity contribution in [1.82, 2.24) is 4.90 Å². The number of carbonyl (C=O) groups is 2. The lowest BCUT2D eigenvalue weighted by Crippen LogP contribution is -2.30. The van der Waals surface area contributed by atoms with Crippen LogP contribution in [0.4, 0.5) is 5.69 Å². The highest BCUT2D eigenvalue weighted by molar-refractivity contribution is 6.00. The third kappa shape index (κ3) is 4.06. The summed E-state index contributed by atoms with van der Waals surface area (Å²) in [6.07, 6.45) is 0.247. The van der Waals surface area contributed by atoms with E-state index in [1.807, 2.05) is 96.8 Å². The van der Waals surface area contributed by atoms with Gasteiger partial charge in [0, 0.05) is 24.2 Å². The molecule has 0 aliphatic carbocycles. The average molecular weight is 384 g/mol. The van der Waals surface area contributed by atoms with Gasteiger partial charge in [0.1, 0.15) is 0 Å². The molecule has 4 heteroatoms. The summed E-state index contributed by atoms with van der Waals surface area (Å²) in [6, 6.07) is 27.6. The Hall–Kier alpha value is -3.40. The molecule has 3 aromatic carbocycles. The smallest absolute Gasteiger partial charge is 0.229 e. The van der Waals surface area contributed by atoms with Crippen molar-refractivity contribution in [1.29, 1.82) is 0 Å². The van der Waals surface area contributed by atoms with Crippen LogP contribution in [0.5, 0.6) is 0 Å². The Bertz CT molecular complexity index is 1000. The summed E-state index contributed by atoms with van der Waals surface area (Å²) >= 11 is 0. The minimum absolute atomic E-state index is 0.0258. The molecule has 0 radical (unpaired) electrons. The standard InChI is InChI=1S/C25H24N2O2/c1-18(19-10-4-2-5-11-19)27-17-21(16-24(27)28)25(29)26-23-15-9-8-14-22(23)20-12-6-3-7-13-20/h2-15,18,21H,16-17H2,1H3,(H,26,29). The maximum atomic E-state index is 13.0. The van der Waals surface area contributed by atoms with Gasteiger partial charge in [-0.25, -0.2) is 0 Å². The van der Waals surface area contributed by atoms with Gasteiger partial charge in [0.2, 0.25) is 11.8 Å². The molecule has 2 unspecified atom stereocenters. The topological polar surface area (TPSA) is 49.4 Å². The number of anilines is 1. The molecule has 0 aromatic heterocycles. The van der Waals surface area contributed by atoms with Gasteiger partial charge >= 0.3 is 0 Å². The Morgan fingerprint density at radius 2 is 1.55 bits per heavy atom. The first-order valence-electron chi connectivity index (χ1n) is 9.93. The average Bonchev–Trinajstić information content (AvgIpc) is 3.16. The van der Waals surface area contributed by atoms with E-state index in [-0.39, 0.29) is 30.2 Å². The zero-order valence-corrected chi connectivity index (χ0v) is 16.4. The quantitative estimate of drug-likeness (QED) is 0.680. The summed E-state index contributed by atoms with van der Waals surface area (Å²) in [6.45, 7) is 2.45. The Kier molecular flexibility index (Phi) is 5.43. The first-order chi connectivity index (χ1) is 14.1. The molecule has 29 heavy (non-hydrogen) atoms. The van der Waals surface area contributed by atoms with Crippen molar-refractivity contribution in [2.24, 2.45) is 5.92 Å². The van der Waals surface area contributed by atoms with Gasteiger partial charge in [-0.15, -0.1) is 0 Å². The molecule has 4 nitrogen and oxygen atoms in total. The Labute approximate surface area is 171 Å². The minimum atomic E-state index is -0.350. The van der Waals surface area contributed by atoms with Crippen molar-refractivity contribution in [2.45, 2.75) is 19.4 Å². The van der Waals surface area contributed by atoms with Gasteiger partial charge in [0.15, 0.2) is 0 Å². The van der Waals surface area contributed by atoms with Gasteiger partial charge in [-0.05, 0) is 24.1 Å². The van der Waals surface area contributed by atoms with Crippen LogP contribution in [0.1, 0.15) is 24.9 Å². The fourth-order valence-electron chi connectivity index (χ4n) is 3.89. The third-order valence-electron chi connectivity index (χ3n) is 5.55. The molecule has 2 atom stereocenters. The van der Waals surface area contributed by atoms with Crippen LogP contribution in [0.25, 0.3) is 11.1 Å². The first kappa shape index (κ1) is 18.9. The van der Waals surface area contributed by atoms with E-state index >= 15 is 0 Å². The molecular formula is C25H24N2O2. The van der Waals surface area contributed by atoms with Crippen LogP contribution in [0, 0.1) is 5.92 Å². The summed E-state index contributed by atoms with van der Waals surface area (Å²) in [7, 11) is 0. The highest BCUT2D eigenvalue weighted by Gasteiger charge is 2.37. The fraction of sp³-hybridized carbons (Fsp3) is 0.200. The summed E-state index contributed by atoms with van der Waals surface area (Å²) in [5.41, 5.74) is 3.87. The summed E-state index contributed by atoms with van der Waals surface area (Å²) in [5.74, 6) is -0.431. The number of carbonyl (C=O) groups excluding carboxylic acids is 2. The lowest BCUT2D eigenvalue weighted by Gasteiger charge is -2.25. The maximum absolute atomic E-state index is 13.0. The molecular weight excluding hydrogens is 360 g/mol. The van der Waals surface area contributed by atoms with Crippen molar-refractivity contribution >= 4 is 17.5 Å². The zero-order chi connectivity index (χ0) is 20.2. The number of likely N-dealkylation sites (tertiary alicyclic amines) is 1. The van der Waals surface area contributed by atoms with E-state index in [9.17, 15) is 9.59 Å². The number of para-hydroxylation sites is 1. The molecule has 0 spiro atoms. The van der Waals surface area contributed by atoms with Gasteiger partial charge in [-0.1, -0.05) is 78.9 Å². The van der Waals surface area contributed by atoms with Gasteiger partial charge < -0.3 is 10.2 Å². The van der Waals surface area contributed by atoms with Gasteiger partial charge in [0.05, 0.1) is 12.0 Å². The molecule has 1 aliphatic rings. The largest absolute Gasteiger partial charge is 0.335 e. The molecule has 3 aromatic rings. The molecule has 1 heterocycles. The molecule has 2 amide bonds. The number of rotatable bonds is 5. The summed E-state index contributed by atoms with van der Waals surface area (Å²) < 4.78 is 0. The van der Waals surface area contributed by atoms with Gasteiger partial charge in [-0.2, -0.15) is 0 Å². The van der Waals surface area contributed by atoms with Crippen LogP contribution >= 0.6 is 0 Å². The minimum Gasteiger partial charge on any atom is -0.335 e. The number of hydrogen-bond donors (Lipinski definition) is 1. The highest BCUT2D eigenvalue weighted by Crippen LogP contribution is 2.31. The van der Waals surface area contributed by atoms with Crippen molar-refractivity contribution in [3.8, 4) is 11.1 Å². The summed E-state index contributed by atoms with van der Waals surface area (Å²) in [5, 5.41) is 3.05. The van der Waals surface area contributed by atoms with Crippen molar-refractivity contribution < 1.29 is 9.59 Å². The lowest BCUT2D eigenvalue weighted by molar-refractivity contribution is -0.129. The molecule has 146 valence electrons. The fourth-order valence-corrected chi connectivity index (χ4v) is 3.89. The second-order valence-corrected chi connectivity index (χ2v) is 7.43. The van der Waals surface area contributed by atoms with E-state index < -0.39 is 0 Å². The molecule has 1 fully saturated rings. The van der Waals surface area contributed by atoms with E-state index in [1.54, 1.807) is 0 Å². The zero-order valence-electron chi connectivity index (χ0n) is 16.4. The Morgan fingerprint density at radius 3 is 2.28 bits per heavy atom. The number of hydrogen-bond acceptors (Lipinski definition) is 2. The maximum Gasteiger partial charge on any atom is 0.229 e. The van der Waals surface area contributed by atoms with Crippen LogP contribution in [0.3, 0.4) is 0 Å². The number of nitrogens with zero attached hydrogens (tertiary/aromatic N) is 1. The Balaban J connectivity index is 1.49. The lowest BCUT2D eigenvalue weighted by atomic mass is 10.0. The second kappa shape index (κ2) is 8.31. The van der Waals surface area contributed by atoms with E-state index in [4.69, 9.17) is 0 Å². The first-order valence-corrected chi connectivity index (χ1v) is 9.93. The van der Waals surface area contributed by atoms with E-state index in [0.717, 1.165) is 22.4 Å².